The highest BCUT2D eigenvalue weighted by atomic mass is 16.6. The highest BCUT2D eigenvalue weighted by Crippen LogP contribution is 2.43. The summed E-state index contributed by atoms with van der Waals surface area (Å²) in [6.45, 7) is 0. The summed E-state index contributed by atoms with van der Waals surface area (Å²) < 4.78 is 15.9. The van der Waals surface area contributed by atoms with E-state index in [9.17, 15) is 14.4 Å². The van der Waals surface area contributed by atoms with Crippen molar-refractivity contribution < 1.29 is 23.8 Å². The van der Waals surface area contributed by atoms with Crippen molar-refractivity contribution in [1.82, 2.24) is 9.97 Å². The third-order valence-corrected chi connectivity index (χ3v) is 4.55. The first-order valence-corrected chi connectivity index (χ1v) is 8.48. The van der Waals surface area contributed by atoms with E-state index in [4.69, 9.17) is 14.2 Å². The second-order valence-corrected chi connectivity index (χ2v) is 6.25. The number of amides is 1. The van der Waals surface area contributed by atoms with Gasteiger partial charge in [0.2, 0.25) is 5.91 Å². The molecule has 9 heteroatoms. The van der Waals surface area contributed by atoms with Crippen LogP contribution in [-0.2, 0) is 9.53 Å². The van der Waals surface area contributed by atoms with Crippen molar-refractivity contribution in [3.05, 3.63) is 51.9 Å². The lowest BCUT2D eigenvalue weighted by Gasteiger charge is -2.12. The van der Waals surface area contributed by atoms with Crippen LogP contribution in [0.25, 0.3) is 11.0 Å². The first-order valence-electron chi connectivity index (χ1n) is 8.48. The number of aromatic amines is 2. The number of methoxy groups -OCH3 is 2. The van der Waals surface area contributed by atoms with Crippen LogP contribution in [0.4, 0.5) is 5.69 Å². The van der Waals surface area contributed by atoms with Gasteiger partial charge in [-0.05, 0) is 24.3 Å². The van der Waals surface area contributed by atoms with Gasteiger partial charge in [-0.25, -0.2) is 9.59 Å². The zero-order chi connectivity index (χ0) is 19.8. The summed E-state index contributed by atoms with van der Waals surface area (Å²) >= 11 is 0. The number of aromatic nitrogens is 2. The first-order chi connectivity index (χ1) is 13.5. The number of fused-ring (bicyclic) bond motifs is 2. The third-order valence-electron chi connectivity index (χ3n) is 4.55. The number of cyclic esters (lactones) is 1. The van der Waals surface area contributed by atoms with Crippen LogP contribution in [0.5, 0.6) is 11.5 Å². The van der Waals surface area contributed by atoms with Gasteiger partial charge in [0.05, 0.1) is 31.7 Å². The van der Waals surface area contributed by atoms with Crippen LogP contribution in [-0.4, -0.2) is 36.1 Å². The van der Waals surface area contributed by atoms with E-state index in [2.05, 4.69) is 15.3 Å². The number of benzene rings is 2. The number of esters is 1. The molecule has 0 aliphatic carbocycles. The Kier molecular flexibility index (Phi) is 4.26. The van der Waals surface area contributed by atoms with Gasteiger partial charge in [0.25, 0.3) is 0 Å². The lowest BCUT2D eigenvalue weighted by molar-refractivity contribution is -0.118. The number of nitrogens with one attached hydrogen (secondary N) is 3. The number of imidazole rings is 1. The van der Waals surface area contributed by atoms with Gasteiger partial charge in [0.1, 0.15) is 11.7 Å². The van der Waals surface area contributed by atoms with Gasteiger partial charge in [0, 0.05) is 11.3 Å². The average Bonchev–Trinajstić information content (AvgIpc) is 3.19. The van der Waals surface area contributed by atoms with E-state index in [0.29, 0.717) is 28.0 Å². The first kappa shape index (κ1) is 17.7. The fourth-order valence-corrected chi connectivity index (χ4v) is 3.31. The van der Waals surface area contributed by atoms with Crippen LogP contribution in [0.2, 0.25) is 0 Å². The Labute approximate surface area is 158 Å². The van der Waals surface area contributed by atoms with E-state index in [1.807, 2.05) is 0 Å². The molecule has 1 aliphatic rings. The van der Waals surface area contributed by atoms with Crippen LogP contribution in [0.1, 0.15) is 28.4 Å². The lowest BCUT2D eigenvalue weighted by Crippen LogP contribution is -2.15. The molecule has 0 spiro atoms. The maximum Gasteiger partial charge on any atom is 0.343 e. The standard InChI is InChI=1S/C19H17N3O6/c1-26-13-6-4-10-14(28-18(24)16(10)17(13)27-2)8-15(23)20-9-3-5-11-12(7-9)22-19(25)21-11/h3-7,14H,8H2,1-2H3,(H,20,23)(H2,21,22,25). The number of carbonyl (C=O) groups is 2. The number of H-pyrrole nitrogens is 2. The van der Waals surface area contributed by atoms with Crippen LogP contribution in [0, 0.1) is 0 Å². The summed E-state index contributed by atoms with van der Waals surface area (Å²) in [5, 5.41) is 2.74. The van der Waals surface area contributed by atoms with E-state index in [-0.39, 0.29) is 29.3 Å². The molecule has 3 N–H and O–H groups in total. The molecule has 0 bridgehead atoms. The lowest BCUT2D eigenvalue weighted by atomic mass is 10.0. The van der Waals surface area contributed by atoms with Crippen molar-refractivity contribution >= 4 is 28.6 Å². The Balaban J connectivity index is 1.54. The number of anilines is 1. The molecule has 144 valence electrons. The van der Waals surface area contributed by atoms with Gasteiger partial charge in [-0.3, -0.25) is 4.79 Å². The van der Waals surface area contributed by atoms with Gasteiger partial charge in [-0.1, -0.05) is 6.07 Å². The number of hydrogen-bond acceptors (Lipinski definition) is 6. The van der Waals surface area contributed by atoms with Crippen LogP contribution in [0.3, 0.4) is 0 Å². The molecule has 1 aliphatic heterocycles. The number of hydrogen-bond donors (Lipinski definition) is 3. The summed E-state index contributed by atoms with van der Waals surface area (Å²) in [4.78, 5) is 41.3. The Morgan fingerprint density at radius 3 is 2.64 bits per heavy atom. The molecule has 3 aromatic rings. The summed E-state index contributed by atoms with van der Waals surface area (Å²) in [5.74, 6) is -0.195. The predicted octanol–water partition coefficient (Wildman–Crippen LogP) is 2.11. The van der Waals surface area contributed by atoms with Gasteiger partial charge in [-0.15, -0.1) is 0 Å². The third kappa shape index (κ3) is 2.96. The second kappa shape index (κ2) is 6.76. The normalized spacial score (nSPS) is 15.2. The zero-order valence-corrected chi connectivity index (χ0v) is 15.1. The fraction of sp³-hybridized carbons (Fsp3) is 0.211. The zero-order valence-electron chi connectivity index (χ0n) is 15.1. The number of rotatable bonds is 5. The maximum absolute atomic E-state index is 12.5. The van der Waals surface area contributed by atoms with Crippen LogP contribution < -0.4 is 20.5 Å². The minimum absolute atomic E-state index is 0.0596. The molecular weight excluding hydrogens is 366 g/mol. The average molecular weight is 383 g/mol. The van der Waals surface area contributed by atoms with Crippen molar-refractivity contribution in [1.29, 1.82) is 0 Å². The SMILES string of the molecule is COc1ccc2c(c1OC)C(=O)OC2CC(=O)Nc1ccc2[nH]c(=O)[nH]c2c1. The fourth-order valence-electron chi connectivity index (χ4n) is 3.31. The molecule has 28 heavy (non-hydrogen) atoms. The van der Waals surface area contributed by atoms with Gasteiger partial charge in [0.15, 0.2) is 11.5 Å². The summed E-state index contributed by atoms with van der Waals surface area (Å²) in [7, 11) is 2.91. The molecular formula is C19H17N3O6. The highest BCUT2D eigenvalue weighted by Gasteiger charge is 2.36. The Hall–Kier alpha value is -3.75. The van der Waals surface area contributed by atoms with Crippen molar-refractivity contribution in [3.8, 4) is 11.5 Å². The largest absolute Gasteiger partial charge is 0.493 e. The predicted molar refractivity (Wildman–Crippen MR) is 99.9 cm³/mol. The number of carbonyl (C=O) groups excluding carboxylic acids is 2. The molecule has 1 atom stereocenters. The minimum Gasteiger partial charge on any atom is -0.493 e. The molecule has 0 fully saturated rings. The molecule has 0 saturated heterocycles. The van der Waals surface area contributed by atoms with E-state index >= 15 is 0 Å². The van der Waals surface area contributed by atoms with Gasteiger partial charge in [-0.2, -0.15) is 0 Å². The summed E-state index contributed by atoms with van der Waals surface area (Å²) in [5.41, 5.74) is 2.26. The molecule has 0 radical (unpaired) electrons. The molecule has 2 aromatic carbocycles. The second-order valence-electron chi connectivity index (χ2n) is 6.25. The molecule has 0 saturated carbocycles. The Morgan fingerprint density at radius 2 is 1.89 bits per heavy atom. The molecule has 1 unspecified atom stereocenters. The van der Waals surface area contributed by atoms with Crippen LogP contribution in [0.15, 0.2) is 35.1 Å². The van der Waals surface area contributed by atoms with Crippen LogP contribution >= 0.6 is 0 Å². The Morgan fingerprint density at radius 1 is 1.11 bits per heavy atom. The van der Waals surface area contributed by atoms with E-state index in [1.165, 1.54) is 14.2 Å². The minimum atomic E-state index is -0.724. The molecule has 1 amide bonds. The van der Waals surface area contributed by atoms with E-state index in [1.54, 1.807) is 30.3 Å². The molecule has 2 heterocycles. The van der Waals surface area contributed by atoms with E-state index in [0.717, 1.165) is 0 Å². The summed E-state index contributed by atoms with van der Waals surface area (Å²) in [6, 6.07) is 8.36. The van der Waals surface area contributed by atoms with Crippen molar-refractivity contribution in [2.45, 2.75) is 12.5 Å². The van der Waals surface area contributed by atoms with Gasteiger partial charge < -0.3 is 29.5 Å². The van der Waals surface area contributed by atoms with Gasteiger partial charge >= 0.3 is 11.7 Å². The smallest absolute Gasteiger partial charge is 0.343 e. The maximum atomic E-state index is 12.5. The van der Waals surface area contributed by atoms with Crippen molar-refractivity contribution in [2.24, 2.45) is 0 Å². The molecule has 4 rings (SSSR count). The van der Waals surface area contributed by atoms with E-state index < -0.39 is 12.1 Å². The topological polar surface area (TPSA) is 123 Å². The monoisotopic (exact) mass is 383 g/mol. The summed E-state index contributed by atoms with van der Waals surface area (Å²) in [6.07, 6.45) is -0.784. The molecule has 9 nitrogen and oxygen atoms in total. The van der Waals surface area contributed by atoms with Crippen molar-refractivity contribution in [3.63, 3.8) is 0 Å². The highest BCUT2D eigenvalue weighted by molar-refractivity contribution is 5.99. The quantitative estimate of drug-likeness (QED) is 0.580. The Bertz CT molecular complexity index is 1150. The number of ether oxygens (including phenoxy) is 3. The molecule has 1 aromatic heterocycles. The van der Waals surface area contributed by atoms with Crippen molar-refractivity contribution in [2.75, 3.05) is 19.5 Å².